The first-order valence-electron chi connectivity index (χ1n) is 15.9. The van der Waals surface area contributed by atoms with Gasteiger partial charge in [-0.25, -0.2) is 13.2 Å². The topological polar surface area (TPSA) is 0 Å². The molecule has 0 saturated carbocycles. The maximum absolute atomic E-state index is 15.0. The second-order valence-electron chi connectivity index (χ2n) is 12.2. The highest BCUT2D eigenvalue weighted by Gasteiger charge is 2.36. The molecule has 0 bridgehead atoms. The lowest BCUT2D eigenvalue weighted by Gasteiger charge is -2.17. The molecule has 0 radical (unpaired) electrons. The molecule has 6 aromatic rings. The predicted molar refractivity (Wildman–Crippen MR) is 186 cm³/mol. The van der Waals surface area contributed by atoms with Crippen LogP contribution in [0.4, 0.5) is 35.1 Å². The molecule has 0 fully saturated rings. The first-order chi connectivity index (χ1) is 24.3. The summed E-state index contributed by atoms with van der Waals surface area (Å²) in [5.41, 5.74) is 3.09. The largest absolute Gasteiger partial charge is 0.417 e. The number of allylic oxidation sites excluding steroid dienone is 1. The Morgan fingerprint density at radius 1 is 0.647 bits per heavy atom. The van der Waals surface area contributed by atoms with Crippen LogP contribution in [0.15, 0.2) is 115 Å². The molecule has 0 unspecified atom stereocenters. The molecular weight excluding hydrogens is 668 g/mol. The summed E-state index contributed by atoms with van der Waals surface area (Å²) in [6, 6.07) is 25.4. The number of fused-ring (bicyclic) bond motifs is 1. The Morgan fingerprint density at radius 3 is 1.92 bits per heavy atom. The quantitative estimate of drug-likeness (QED) is 0.120. The number of alkyl halides is 3. The number of hydrogen-bond acceptors (Lipinski definition) is 0. The van der Waals surface area contributed by atoms with Crippen LogP contribution in [0, 0.1) is 43.1 Å². The van der Waals surface area contributed by atoms with Crippen LogP contribution in [0.2, 0.25) is 0 Å². The van der Waals surface area contributed by atoms with Crippen LogP contribution < -0.4 is 0 Å². The Balaban J connectivity index is 1.29. The first kappa shape index (κ1) is 35.2. The highest BCUT2D eigenvalue weighted by atomic mass is 19.4. The van der Waals surface area contributed by atoms with Crippen LogP contribution in [0.1, 0.15) is 39.8 Å². The molecule has 51 heavy (non-hydrogen) atoms. The lowest BCUT2D eigenvalue weighted by atomic mass is 9.91. The Bertz CT molecular complexity index is 2330. The maximum atomic E-state index is 15.0. The minimum atomic E-state index is -4.77. The smallest absolute Gasteiger partial charge is 0.206 e. The Hall–Kier alpha value is -5.68. The molecule has 256 valence electrons. The molecule has 0 aliphatic heterocycles. The number of rotatable bonds is 6. The van der Waals surface area contributed by atoms with Gasteiger partial charge in [-0.05, 0) is 119 Å². The van der Waals surface area contributed by atoms with Gasteiger partial charge in [0.05, 0.1) is 11.1 Å². The Kier molecular flexibility index (Phi) is 9.84. The molecule has 0 aromatic heterocycles. The first-order valence-corrected chi connectivity index (χ1v) is 15.9. The van der Waals surface area contributed by atoms with Crippen molar-refractivity contribution < 1.29 is 35.1 Å². The van der Waals surface area contributed by atoms with Crippen LogP contribution >= 0.6 is 0 Å². The van der Waals surface area contributed by atoms with Gasteiger partial charge < -0.3 is 0 Å². The second-order valence-corrected chi connectivity index (χ2v) is 12.2. The molecule has 0 N–H and O–H groups in total. The van der Waals surface area contributed by atoms with E-state index >= 15 is 13.2 Å². The average Bonchev–Trinajstić information content (AvgIpc) is 3.07. The molecule has 0 aliphatic carbocycles. The molecule has 0 saturated heterocycles. The van der Waals surface area contributed by atoms with Crippen molar-refractivity contribution in [3.05, 3.63) is 166 Å². The van der Waals surface area contributed by atoms with Crippen LogP contribution in [0.25, 0.3) is 44.2 Å². The molecule has 6 aromatic carbocycles. The van der Waals surface area contributed by atoms with Gasteiger partial charge in [0, 0.05) is 16.7 Å². The minimum Gasteiger partial charge on any atom is -0.206 e. The lowest BCUT2D eigenvalue weighted by Crippen LogP contribution is -2.08. The van der Waals surface area contributed by atoms with Gasteiger partial charge >= 0.3 is 6.18 Å². The van der Waals surface area contributed by atoms with Crippen LogP contribution in [-0.2, 0) is 12.6 Å². The summed E-state index contributed by atoms with van der Waals surface area (Å²) in [4.78, 5) is 0. The predicted octanol–water partition coefficient (Wildman–Crippen LogP) is 13.0. The van der Waals surface area contributed by atoms with E-state index in [-0.39, 0.29) is 45.9 Å². The van der Waals surface area contributed by atoms with Crippen LogP contribution in [0.3, 0.4) is 0 Å². The SMILES string of the molecule is Cc1ccc(-c2cc(C)c(C#Cc3ccc(-c4ccc5cc(-c6c(F)cc(CCC=C(F)F)cc6F)ccc5c4C(F)(F)F)cc3)cc2F)cc1. The number of hydrogen-bond donors (Lipinski definition) is 0. The van der Waals surface area contributed by atoms with Crippen molar-refractivity contribution in [2.75, 3.05) is 0 Å². The Morgan fingerprint density at radius 2 is 1.27 bits per heavy atom. The zero-order chi connectivity index (χ0) is 36.4. The van der Waals surface area contributed by atoms with Crippen molar-refractivity contribution >= 4 is 10.8 Å². The van der Waals surface area contributed by atoms with Crippen molar-refractivity contribution in [2.24, 2.45) is 0 Å². The van der Waals surface area contributed by atoms with E-state index < -0.39 is 40.8 Å². The summed E-state index contributed by atoms with van der Waals surface area (Å²) >= 11 is 0. The summed E-state index contributed by atoms with van der Waals surface area (Å²) in [6.07, 6.45) is -6.14. The lowest BCUT2D eigenvalue weighted by molar-refractivity contribution is -0.135. The molecular formula is C43H28F8. The maximum Gasteiger partial charge on any atom is 0.417 e. The van der Waals surface area contributed by atoms with Gasteiger partial charge in [-0.1, -0.05) is 78.1 Å². The van der Waals surface area contributed by atoms with E-state index in [4.69, 9.17) is 0 Å². The minimum absolute atomic E-state index is 0.0170. The van der Waals surface area contributed by atoms with E-state index in [2.05, 4.69) is 11.8 Å². The van der Waals surface area contributed by atoms with Crippen LogP contribution in [0.5, 0.6) is 0 Å². The fourth-order valence-corrected chi connectivity index (χ4v) is 6.07. The average molecular weight is 697 g/mol. The zero-order valence-electron chi connectivity index (χ0n) is 27.3. The van der Waals surface area contributed by atoms with E-state index in [0.29, 0.717) is 22.8 Å². The van der Waals surface area contributed by atoms with Gasteiger partial charge in [-0.2, -0.15) is 22.0 Å². The highest BCUT2D eigenvalue weighted by molar-refractivity contribution is 5.95. The van der Waals surface area contributed by atoms with Crippen molar-refractivity contribution in [2.45, 2.75) is 32.9 Å². The van der Waals surface area contributed by atoms with Gasteiger partial charge in [0.2, 0.25) is 0 Å². The van der Waals surface area contributed by atoms with Gasteiger partial charge in [0.25, 0.3) is 6.08 Å². The van der Waals surface area contributed by atoms with Gasteiger partial charge in [0.15, 0.2) is 0 Å². The number of aryl methyl sites for hydroxylation is 3. The fourth-order valence-electron chi connectivity index (χ4n) is 6.07. The van der Waals surface area contributed by atoms with Gasteiger partial charge in [0.1, 0.15) is 17.5 Å². The third-order valence-corrected chi connectivity index (χ3v) is 8.64. The molecule has 0 aliphatic rings. The summed E-state index contributed by atoms with van der Waals surface area (Å²) < 4.78 is 114. The molecule has 0 nitrogen and oxygen atoms in total. The second kappa shape index (κ2) is 14.3. The summed E-state index contributed by atoms with van der Waals surface area (Å²) in [7, 11) is 0. The van der Waals surface area contributed by atoms with E-state index in [1.807, 2.05) is 38.1 Å². The number of benzene rings is 6. The summed E-state index contributed by atoms with van der Waals surface area (Å²) in [5.74, 6) is 3.60. The van der Waals surface area contributed by atoms with E-state index in [1.165, 1.54) is 48.5 Å². The molecule has 6 rings (SSSR count). The number of halogens is 8. The Labute approximate surface area is 289 Å². The zero-order valence-corrected chi connectivity index (χ0v) is 27.3. The standard InChI is InChI=1S/C43H28F8/c1-25-6-11-30(12-7-25)36-20-26(2)31(24-37(36)44)15-10-27-8-13-29(14-9-27)34-18-16-32-23-33(17-19-35(32)42(34)43(49,50)51)41-38(45)21-28(22-39(41)46)4-3-5-40(47)48/h5-9,11-14,16-24H,3-4H2,1-2H3. The molecule has 0 atom stereocenters. The summed E-state index contributed by atoms with van der Waals surface area (Å²) in [6.45, 7) is 3.78. The molecule has 0 amide bonds. The highest BCUT2D eigenvalue weighted by Crippen LogP contribution is 2.43. The van der Waals surface area contributed by atoms with Gasteiger partial charge in [-0.15, -0.1) is 0 Å². The molecule has 8 heteroatoms. The van der Waals surface area contributed by atoms with Crippen molar-refractivity contribution in [1.29, 1.82) is 0 Å². The van der Waals surface area contributed by atoms with E-state index in [0.717, 1.165) is 28.8 Å². The van der Waals surface area contributed by atoms with E-state index in [1.54, 1.807) is 18.2 Å². The fraction of sp³-hybridized carbons (Fsp3) is 0.116. The third-order valence-electron chi connectivity index (χ3n) is 8.64. The molecule has 0 heterocycles. The van der Waals surface area contributed by atoms with Crippen LogP contribution in [-0.4, -0.2) is 0 Å². The van der Waals surface area contributed by atoms with Crippen molar-refractivity contribution in [3.63, 3.8) is 0 Å². The van der Waals surface area contributed by atoms with Crippen molar-refractivity contribution in [3.8, 4) is 45.2 Å². The molecule has 0 spiro atoms. The third kappa shape index (κ3) is 7.73. The van der Waals surface area contributed by atoms with Crippen molar-refractivity contribution in [1.82, 2.24) is 0 Å². The summed E-state index contributed by atoms with van der Waals surface area (Å²) in [5, 5.41) is -0.0369. The van der Waals surface area contributed by atoms with E-state index in [9.17, 15) is 22.0 Å². The monoisotopic (exact) mass is 696 g/mol. The van der Waals surface area contributed by atoms with Gasteiger partial charge in [-0.3, -0.25) is 0 Å². The normalized spacial score (nSPS) is 11.3.